The van der Waals surface area contributed by atoms with Crippen LogP contribution in [0.5, 0.6) is 0 Å². The summed E-state index contributed by atoms with van der Waals surface area (Å²) in [4.78, 5) is 9.01. The molecular weight excluding hydrogens is 330 g/mol. The lowest BCUT2D eigenvalue weighted by atomic mass is 10.2. The zero-order chi connectivity index (χ0) is 14.4. The molecular formula is C15H12BrN5. The molecule has 4 aromatic rings. The summed E-state index contributed by atoms with van der Waals surface area (Å²) in [6.07, 6.45) is 0. The Morgan fingerprint density at radius 2 is 2.00 bits per heavy atom. The van der Waals surface area contributed by atoms with Crippen molar-refractivity contribution < 1.29 is 0 Å². The Balaban J connectivity index is 1.79. The van der Waals surface area contributed by atoms with Crippen molar-refractivity contribution in [1.82, 2.24) is 19.6 Å². The van der Waals surface area contributed by atoms with Gasteiger partial charge in [-0.1, -0.05) is 18.2 Å². The number of rotatable bonds is 2. The van der Waals surface area contributed by atoms with Gasteiger partial charge < -0.3 is 5.32 Å². The van der Waals surface area contributed by atoms with Gasteiger partial charge in [-0.05, 0) is 52.7 Å². The largest absolute Gasteiger partial charge is 0.324 e. The standard InChI is InChI=1S/C15H12BrN5/c1-9-6-7-13-12(8-9)18-15-19-14(20-21(13)15)17-11-5-3-2-4-10(11)16/h2-8H,1H3,(H2,17,18,19,20). The third-order valence-electron chi connectivity index (χ3n) is 3.35. The lowest BCUT2D eigenvalue weighted by Gasteiger charge is -2.04. The van der Waals surface area contributed by atoms with Crippen molar-refractivity contribution in [3.8, 4) is 0 Å². The molecule has 0 amide bonds. The van der Waals surface area contributed by atoms with Crippen molar-refractivity contribution in [2.45, 2.75) is 6.92 Å². The molecule has 21 heavy (non-hydrogen) atoms. The second-order valence-corrected chi connectivity index (χ2v) is 5.77. The zero-order valence-electron chi connectivity index (χ0n) is 11.3. The number of nitrogens with one attached hydrogen (secondary N) is 2. The van der Waals surface area contributed by atoms with E-state index in [4.69, 9.17) is 0 Å². The summed E-state index contributed by atoms with van der Waals surface area (Å²) in [5.74, 6) is 1.32. The number of hydrogen-bond donors (Lipinski definition) is 2. The fourth-order valence-corrected chi connectivity index (χ4v) is 2.72. The highest BCUT2D eigenvalue weighted by molar-refractivity contribution is 9.10. The van der Waals surface area contributed by atoms with Crippen LogP contribution in [0.4, 0.5) is 11.6 Å². The molecule has 0 fully saturated rings. The second kappa shape index (κ2) is 4.60. The first-order valence-corrected chi connectivity index (χ1v) is 7.36. The molecule has 0 aliphatic carbocycles. The Labute approximate surface area is 129 Å². The summed E-state index contributed by atoms with van der Waals surface area (Å²) >= 11 is 3.51. The molecule has 2 N–H and O–H groups in total. The highest BCUT2D eigenvalue weighted by atomic mass is 79.9. The van der Waals surface area contributed by atoms with Gasteiger partial charge >= 0.3 is 0 Å². The van der Waals surface area contributed by atoms with E-state index >= 15 is 0 Å². The minimum atomic E-state index is 0.658. The molecule has 0 spiro atoms. The zero-order valence-corrected chi connectivity index (χ0v) is 12.8. The Kier molecular flexibility index (Phi) is 2.71. The summed E-state index contributed by atoms with van der Waals surface area (Å²) in [5.41, 5.74) is 4.11. The summed E-state index contributed by atoms with van der Waals surface area (Å²) in [6.45, 7) is 2.06. The minimum absolute atomic E-state index is 0.658. The van der Waals surface area contributed by atoms with E-state index in [9.17, 15) is 0 Å². The Bertz CT molecular complexity index is 953. The number of hydrogen-bond acceptors (Lipinski definition) is 3. The van der Waals surface area contributed by atoms with E-state index < -0.39 is 0 Å². The van der Waals surface area contributed by atoms with Gasteiger partial charge in [0.15, 0.2) is 0 Å². The molecule has 2 aromatic heterocycles. The van der Waals surface area contributed by atoms with Crippen molar-refractivity contribution in [2.75, 3.05) is 5.32 Å². The summed E-state index contributed by atoms with van der Waals surface area (Å²) in [7, 11) is 0. The SMILES string of the molecule is Cc1ccc2c(c1)nc1nc(Nc3ccccc3Br)[nH]n12. The smallest absolute Gasteiger partial charge is 0.253 e. The Morgan fingerprint density at radius 3 is 2.86 bits per heavy atom. The Morgan fingerprint density at radius 1 is 1.14 bits per heavy atom. The maximum absolute atomic E-state index is 4.53. The molecule has 0 saturated carbocycles. The number of anilines is 2. The van der Waals surface area contributed by atoms with E-state index in [1.165, 1.54) is 5.56 Å². The molecule has 5 nitrogen and oxygen atoms in total. The molecule has 0 bridgehead atoms. The number of halogens is 1. The normalized spacial score (nSPS) is 11.3. The number of fused-ring (bicyclic) bond motifs is 3. The average Bonchev–Trinajstić information content (AvgIpc) is 2.97. The van der Waals surface area contributed by atoms with Crippen LogP contribution in [0.15, 0.2) is 46.9 Å². The van der Waals surface area contributed by atoms with Gasteiger partial charge in [-0.25, -0.2) is 9.50 Å². The molecule has 0 atom stereocenters. The van der Waals surface area contributed by atoms with Gasteiger partial charge in [0.05, 0.1) is 16.7 Å². The van der Waals surface area contributed by atoms with Crippen LogP contribution >= 0.6 is 15.9 Å². The molecule has 0 aliphatic rings. The van der Waals surface area contributed by atoms with E-state index in [-0.39, 0.29) is 0 Å². The van der Waals surface area contributed by atoms with Crippen molar-refractivity contribution >= 4 is 44.4 Å². The van der Waals surface area contributed by atoms with Crippen LogP contribution in [-0.2, 0) is 0 Å². The van der Waals surface area contributed by atoms with Crippen LogP contribution in [0, 0.1) is 6.92 Å². The summed E-state index contributed by atoms with van der Waals surface area (Å²) in [6, 6.07) is 14.1. The van der Waals surface area contributed by atoms with Gasteiger partial charge in [0.1, 0.15) is 0 Å². The highest BCUT2D eigenvalue weighted by Crippen LogP contribution is 2.25. The van der Waals surface area contributed by atoms with Gasteiger partial charge in [-0.2, -0.15) is 4.98 Å². The van der Waals surface area contributed by atoms with Crippen LogP contribution in [0.3, 0.4) is 0 Å². The maximum atomic E-state index is 4.53. The van der Waals surface area contributed by atoms with Gasteiger partial charge in [-0.3, -0.25) is 5.10 Å². The van der Waals surface area contributed by atoms with Crippen LogP contribution < -0.4 is 5.32 Å². The minimum Gasteiger partial charge on any atom is -0.324 e. The second-order valence-electron chi connectivity index (χ2n) is 4.92. The molecule has 4 rings (SSSR count). The van der Waals surface area contributed by atoms with Gasteiger partial charge in [-0.15, -0.1) is 0 Å². The first-order chi connectivity index (χ1) is 10.2. The Hall–Kier alpha value is -2.34. The van der Waals surface area contributed by atoms with Gasteiger partial charge in [0.2, 0.25) is 5.95 Å². The van der Waals surface area contributed by atoms with E-state index in [2.05, 4.69) is 55.4 Å². The average molecular weight is 342 g/mol. The van der Waals surface area contributed by atoms with Crippen LogP contribution in [0.25, 0.3) is 16.8 Å². The molecule has 2 aromatic carbocycles. The number of H-pyrrole nitrogens is 1. The first-order valence-electron chi connectivity index (χ1n) is 6.57. The van der Waals surface area contributed by atoms with E-state index in [1.54, 1.807) is 0 Å². The molecule has 6 heteroatoms. The third-order valence-corrected chi connectivity index (χ3v) is 4.04. The highest BCUT2D eigenvalue weighted by Gasteiger charge is 2.10. The van der Waals surface area contributed by atoms with Crippen molar-refractivity contribution in [1.29, 1.82) is 0 Å². The van der Waals surface area contributed by atoms with Gasteiger partial charge in [0.25, 0.3) is 5.78 Å². The predicted octanol–water partition coefficient (Wildman–Crippen LogP) is 4.03. The molecule has 0 unspecified atom stereocenters. The lowest BCUT2D eigenvalue weighted by Crippen LogP contribution is -1.94. The first kappa shape index (κ1) is 12.4. The van der Waals surface area contributed by atoms with Crippen molar-refractivity contribution in [3.63, 3.8) is 0 Å². The van der Waals surface area contributed by atoms with E-state index in [0.717, 1.165) is 21.2 Å². The van der Waals surface area contributed by atoms with E-state index in [1.807, 2.05) is 34.8 Å². The number of aryl methyl sites for hydroxylation is 1. The summed E-state index contributed by atoms with van der Waals surface area (Å²) in [5, 5.41) is 6.47. The predicted molar refractivity (Wildman–Crippen MR) is 87.0 cm³/mol. The fourth-order valence-electron chi connectivity index (χ4n) is 2.34. The molecule has 104 valence electrons. The van der Waals surface area contributed by atoms with Crippen LogP contribution in [0.1, 0.15) is 5.56 Å². The quantitative estimate of drug-likeness (QED) is 0.578. The maximum Gasteiger partial charge on any atom is 0.253 e. The van der Waals surface area contributed by atoms with Gasteiger partial charge in [0, 0.05) is 4.47 Å². The molecule has 0 radical (unpaired) electrons. The van der Waals surface area contributed by atoms with E-state index in [0.29, 0.717) is 11.7 Å². The van der Waals surface area contributed by atoms with Crippen molar-refractivity contribution in [3.05, 3.63) is 52.5 Å². The number of benzene rings is 2. The third kappa shape index (κ3) is 2.08. The number of imidazole rings is 1. The van der Waals surface area contributed by atoms with Crippen LogP contribution in [0.2, 0.25) is 0 Å². The fraction of sp³-hybridized carbons (Fsp3) is 0.0667. The lowest BCUT2D eigenvalue weighted by molar-refractivity contribution is 1.01. The molecule has 0 aliphatic heterocycles. The molecule has 0 saturated heterocycles. The number of para-hydroxylation sites is 1. The molecule has 2 heterocycles. The topological polar surface area (TPSA) is 58.0 Å². The van der Waals surface area contributed by atoms with Crippen LogP contribution in [-0.4, -0.2) is 19.6 Å². The number of aromatic amines is 1. The van der Waals surface area contributed by atoms with Crippen molar-refractivity contribution in [2.24, 2.45) is 0 Å². The number of nitrogens with zero attached hydrogens (tertiary/aromatic N) is 3. The number of aromatic nitrogens is 4. The summed E-state index contributed by atoms with van der Waals surface area (Å²) < 4.78 is 2.87. The monoisotopic (exact) mass is 341 g/mol.